The number of hydrogen-bond acceptors (Lipinski definition) is 7. The zero-order chi connectivity index (χ0) is 24.8. The molecule has 1 fully saturated rings. The second-order valence-electron chi connectivity index (χ2n) is 8.94. The predicted octanol–water partition coefficient (Wildman–Crippen LogP) is 4.71. The summed E-state index contributed by atoms with van der Waals surface area (Å²) in [5, 5.41) is 7.76. The lowest BCUT2D eigenvalue weighted by atomic mass is 9.96. The van der Waals surface area contributed by atoms with Crippen LogP contribution in [0.5, 0.6) is 11.5 Å². The van der Waals surface area contributed by atoms with E-state index in [0.29, 0.717) is 41.3 Å². The van der Waals surface area contributed by atoms with E-state index in [2.05, 4.69) is 20.4 Å². The molecule has 1 aliphatic heterocycles. The third-order valence-electron chi connectivity index (χ3n) is 5.93. The van der Waals surface area contributed by atoms with Crippen LogP contribution in [0.25, 0.3) is 11.4 Å². The molecule has 8 nitrogen and oxygen atoms in total. The fraction of sp³-hybridized carbons (Fsp3) is 0.423. The van der Waals surface area contributed by atoms with Crippen molar-refractivity contribution in [2.45, 2.75) is 45.9 Å². The van der Waals surface area contributed by atoms with E-state index in [1.54, 1.807) is 7.11 Å². The fourth-order valence-electron chi connectivity index (χ4n) is 4.12. The second-order valence-corrected chi connectivity index (χ2v) is 9.38. The quantitative estimate of drug-likeness (QED) is 0.456. The van der Waals surface area contributed by atoms with Gasteiger partial charge in [0.05, 0.1) is 19.8 Å². The number of aromatic nitrogens is 2. The number of carbonyl (C=O) groups excluding carboxylic acids is 1. The van der Waals surface area contributed by atoms with E-state index in [-0.39, 0.29) is 17.9 Å². The van der Waals surface area contributed by atoms with Crippen LogP contribution in [0.2, 0.25) is 5.02 Å². The molecule has 0 unspecified atom stereocenters. The number of rotatable bonds is 9. The molecule has 186 valence electrons. The van der Waals surface area contributed by atoms with Gasteiger partial charge in [0.25, 0.3) is 0 Å². The Balaban J connectivity index is 1.24. The summed E-state index contributed by atoms with van der Waals surface area (Å²) in [6, 6.07) is 13.1. The van der Waals surface area contributed by atoms with E-state index in [9.17, 15) is 4.79 Å². The van der Waals surface area contributed by atoms with Crippen LogP contribution in [0.3, 0.4) is 0 Å². The highest BCUT2D eigenvalue weighted by Gasteiger charge is 2.26. The maximum atomic E-state index is 12.8. The summed E-state index contributed by atoms with van der Waals surface area (Å²) in [7, 11) is 1.62. The molecule has 2 heterocycles. The van der Waals surface area contributed by atoms with Gasteiger partial charge in [-0.25, -0.2) is 0 Å². The van der Waals surface area contributed by atoms with Gasteiger partial charge >= 0.3 is 0 Å². The highest BCUT2D eigenvalue weighted by molar-refractivity contribution is 6.30. The minimum Gasteiger partial charge on any atom is -0.493 e. The number of nitrogens with one attached hydrogen (secondary N) is 1. The lowest BCUT2D eigenvalue weighted by molar-refractivity contribution is -0.126. The molecule has 0 aliphatic carbocycles. The van der Waals surface area contributed by atoms with Gasteiger partial charge in [-0.05, 0) is 69.6 Å². The predicted molar refractivity (Wildman–Crippen MR) is 133 cm³/mol. The Bertz CT molecular complexity index is 1140. The number of methoxy groups -OCH3 is 1. The van der Waals surface area contributed by atoms with Crippen LogP contribution in [-0.4, -0.2) is 47.3 Å². The number of likely N-dealkylation sites (tertiary alicyclic amines) is 1. The Morgan fingerprint density at radius 1 is 1.20 bits per heavy atom. The van der Waals surface area contributed by atoms with E-state index < -0.39 is 0 Å². The lowest BCUT2D eigenvalue weighted by Gasteiger charge is -2.30. The van der Waals surface area contributed by atoms with Crippen molar-refractivity contribution in [1.82, 2.24) is 20.4 Å². The molecule has 1 aliphatic rings. The molecule has 0 bridgehead atoms. The molecule has 0 atom stereocenters. The minimum atomic E-state index is -0.0126. The summed E-state index contributed by atoms with van der Waals surface area (Å²) >= 11 is 6.05. The van der Waals surface area contributed by atoms with Crippen LogP contribution in [0.15, 0.2) is 47.0 Å². The van der Waals surface area contributed by atoms with Crippen LogP contribution in [-0.2, 0) is 17.9 Å². The van der Waals surface area contributed by atoms with Crippen LogP contribution >= 0.6 is 11.6 Å². The Morgan fingerprint density at radius 2 is 2.00 bits per heavy atom. The van der Waals surface area contributed by atoms with E-state index in [1.165, 1.54) is 0 Å². The van der Waals surface area contributed by atoms with Crippen molar-refractivity contribution in [2.75, 3.05) is 20.2 Å². The largest absolute Gasteiger partial charge is 0.493 e. The highest BCUT2D eigenvalue weighted by Crippen LogP contribution is 2.29. The van der Waals surface area contributed by atoms with Gasteiger partial charge in [-0.1, -0.05) is 35.0 Å². The van der Waals surface area contributed by atoms with Crippen LogP contribution in [0, 0.1) is 5.92 Å². The van der Waals surface area contributed by atoms with Gasteiger partial charge < -0.3 is 19.3 Å². The zero-order valence-electron chi connectivity index (χ0n) is 20.3. The maximum absolute atomic E-state index is 12.8. The number of halogens is 1. The first-order chi connectivity index (χ1) is 16.9. The van der Waals surface area contributed by atoms with E-state index >= 15 is 0 Å². The number of benzene rings is 2. The first kappa shape index (κ1) is 25.0. The van der Waals surface area contributed by atoms with E-state index in [1.807, 2.05) is 56.3 Å². The molecule has 4 rings (SSSR count). The molecular weight excluding hydrogens is 468 g/mol. The van der Waals surface area contributed by atoms with Gasteiger partial charge in [0.15, 0.2) is 11.5 Å². The molecule has 3 aromatic rings. The topological polar surface area (TPSA) is 89.7 Å². The highest BCUT2D eigenvalue weighted by atomic mass is 35.5. The van der Waals surface area contributed by atoms with Crippen LogP contribution < -0.4 is 14.8 Å². The van der Waals surface area contributed by atoms with Crippen LogP contribution in [0.4, 0.5) is 0 Å². The molecule has 9 heteroatoms. The van der Waals surface area contributed by atoms with Gasteiger partial charge in [0.2, 0.25) is 17.6 Å². The summed E-state index contributed by atoms with van der Waals surface area (Å²) in [6.07, 6.45) is 1.63. The van der Waals surface area contributed by atoms with Crippen molar-refractivity contribution >= 4 is 17.5 Å². The summed E-state index contributed by atoms with van der Waals surface area (Å²) in [4.78, 5) is 19.5. The fourth-order valence-corrected chi connectivity index (χ4v) is 4.31. The van der Waals surface area contributed by atoms with Crippen molar-refractivity contribution in [3.8, 4) is 22.9 Å². The molecule has 1 N–H and O–H groups in total. The molecule has 0 radical (unpaired) electrons. The first-order valence-corrected chi connectivity index (χ1v) is 12.2. The smallest absolute Gasteiger partial charge is 0.241 e. The third kappa shape index (κ3) is 6.74. The van der Waals surface area contributed by atoms with E-state index in [0.717, 1.165) is 37.1 Å². The number of piperidine rings is 1. The first-order valence-electron chi connectivity index (χ1n) is 11.8. The summed E-state index contributed by atoms with van der Waals surface area (Å²) < 4.78 is 16.6. The van der Waals surface area contributed by atoms with Gasteiger partial charge in [-0.3, -0.25) is 9.69 Å². The molecular formula is C26H31ClN4O4. The summed E-state index contributed by atoms with van der Waals surface area (Å²) in [5.41, 5.74) is 1.79. The van der Waals surface area contributed by atoms with Gasteiger partial charge in [0, 0.05) is 23.0 Å². The lowest BCUT2D eigenvalue weighted by Crippen LogP contribution is -2.40. The standard InChI is InChI=1S/C26H31ClN4O4/c1-17(2)34-22-8-7-18(13-23(22)33-3)15-28-26(32)19-9-11-31(12-10-19)16-24-29-25(30-35-24)20-5-4-6-21(27)14-20/h4-8,13-14,17,19H,9-12,15-16H2,1-3H3,(H,28,32). The number of hydrogen-bond donors (Lipinski definition) is 1. The van der Waals surface area contributed by atoms with Crippen molar-refractivity contribution in [1.29, 1.82) is 0 Å². The zero-order valence-corrected chi connectivity index (χ0v) is 21.0. The van der Waals surface area contributed by atoms with Gasteiger partial charge in [-0.15, -0.1) is 0 Å². The molecule has 0 saturated carbocycles. The van der Waals surface area contributed by atoms with Crippen molar-refractivity contribution in [2.24, 2.45) is 5.92 Å². The van der Waals surface area contributed by atoms with E-state index in [4.69, 9.17) is 25.6 Å². The normalized spacial score (nSPS) is 14.8. The van der Waals surface area contributed by atoms with Crippen molar-refractivity contribution in [3.05, 3.63) is 58.9 Å². The summed E-state index contributed by atoms with van der Waals surface area (Å²) in [5.74, 6) is 2.51. The number of nitrogens with zero attached hydrogens (tertiary/aromatic N) is 3. The van der Waals surface area contributed by atoms with Crippen molar-refractivity contribution in [3.63, 3.8) is 0 Å². The third-order valence-corrected chi connectivity index (χ3v) is 6.16. The number of carbonyl (C=O) groups is 1. The van der Waals surface area contributed by atoms with Crippen LogP contribution in [0.1, 0.15) is 38.1 Å². The molecule has 1 aromatic heterocycles. The van der Waals surface area contributed by atoms with Crippen molar-refractivity contribution < 1.29 is 18.8 Å². The SMILES string of the molecule is COc1cc(CNC(=O)C2CCN(Cc3nc(-c4cccc(Cl)c4)no3)CC2)ccc1OC(C)C. The Labute approximate surface area is 210 Å². The maximum Gasteiger partial charge on any atom is 0.241 e. The van der Waals surface area contributed by atoms with Gasteiger partial charge in [0.1, 0.15) is 0 Å². The molecule has 1 saturated heterocycles. The molecule has 1 amide bonds. The number of amides is 1. The Hall–Kier alpha value is -3.10. The minimum absolute atomic E-state index is 0.0126. The monoisotopic (exact) mass is 498 g/mol. The number of ether oxygens (including phenoxy) is 2. The molecule has 35 heavy (non-hydrogen) atoms. The Morgan fingerprint density at radius 3 is 2.71 bits per heavy atom. The second kappa shape index (κ2) is 11.6. The average molecular weight is 499 g/mol. The average Bonchev–Trinajstić information content (AvgIpc) is 3.32. The summed E-state index contributed by atoms with van der Waals surface area (Å²) in [6.45, 7) is 6.54. The Kier molecular flexibility index (Phi) is 8.25. The molecule has 0 spiro atoms. The molecule has 2 aromatic carbocycles. The van der Waals surface area contributed by atoms with Gasteiger partial charge in [-0.2, -0.15) is 4.98 Å².